The number of carbonyl (C=O) groups excluding carboxylic acids is 1. The van der Waals surface area contributed by atoms with Crippen LogP contribution in [0, 0.1) is 20.8 Å². The summed E-state index contributed by atoms with van der Waals surface area (Å²) in [6.45, 7) is 6.94. The number of hydrogen-bond donors (Lipinski definition) is 0. The van der Waals surface area contributed by atoms with Crippen LogP contribution in [0.25, 0.3) is 6.08 Å². The molecule has 3 rings (SSSR count). The lowest BCUT2D eigenvalue weighted by Gasteiger charge is -2.07. The summed E-state index contributed by atoms with van der Waals surface area (Å²) in [6.07, 6.45) is 3.16. The molecule has 0 radical (unpaired) electrons. The maximum Gasteiger partial charge on any atom is 0.330 e. The van der Waals surface area contributed by atoms with Gasteiger partial charge >= 0.3 is 5.97 Å². The molecule has 1 aromatic heterocycles. The molecule has 30 heavy (non-hydrogen) atoms. The molecule has 0 N–H and O–H groups in total. The van der Waals surface area contributed by atoms with E-state index in [-0.39, 0.29) is 6.61 Å². The fourth-order valence-corrected chi connectivity index (χ4v) is 3.30. The summed E-state index contributed by atoms with van der Waals surface area (Å²) >= 11 is 6.26. The summed E-state index contributed by atoms with van der Waals surface area (Å²) in [4.78, 5) is 12.0. The number of nitrogens with zero attached hydrogens (tertiary/aromatic N) is 2. The van der Waals surface area contributed by atoms with Gasteiger partial charge in [0, 0.05) is 22.4 Å². The van der Waals surface area contributed by atoms with Gasteiger partial charge in [-0.25, -0.2) is 4.79 Å². The lowest BCUT2D eigenvalue weighted by Crippen LogP contribution is -2.10. The number of aryl methyl sites for hydroxylation is 2. The van der Waals surface area contributed by atoms with Gasteiger partial charge in [-0.3, -0.25) is 4.68 Å². The van der Waals surface area contributed by atoms with E-state index in [1.807, 2.05) is 74.0 Å². The van der Waals surface area contributed by atoms with Gasteiger partial charge in [0.2, 0.25) is 0 Å². The zero-order valence-corrected chi connectivity index (χ0v) is 18.1. The van der Waals surface area contributed by atoms with Gasteiger partial charge in [0.25, 0.3) is 0 Å². The van der Waals surface area contributed by atoms with Crippen LogP contribution >= 0.6 is 11.6 Å². The van der Waals surface area contributed by atoms with Gasteiger partial charge in [0.1, 0.15) is 19.0 Å². The van der Waals surface area contributed by atoms with Crippen molar-refractivity contribution in [3.8, 4) is 5.75 Å². The molecule has 0 atom stereocenters. The minimum atomic E-state index is -0.416. The summed E-state index contributed by atoms with van der Waals surface area (Å²) < 4.78 is 12.7. The van der Waals surface area contributed by atoms with Crippen molar-refractivity contribution in [2.45, 2.75) is 27.3 Å². The van der Waals surface area contributed by atoms with Gasteiger partial charge in [0.15, 0.2) is 0 Å². The molecule has 6 heteroatoms. The van der Waals surface area contributed by atoms with Gasteiger partial charge in [-0.1, -0.05) is 41.9 Å². The zero-order chi connectivity index (χ0) is 21.5. The summed E-state index contributed by atoms with van der Waals surface area (Å²) in [5.41, 5.74) is 4.81. The van der Waals surface area contributed by atoms with E-state index >= 15 is 0 Å². The van der Waals surface area contributed by atoms with Crippen molar-refractivity contribution < 1.29 is 14.3 Å². The smallest absolute Gasteiger partial charge is 0.330 e. The highest BCUT2D eigenvalue weighted by molar-refractivity contribution is 6.31. The summed E-state index contributed by atoms with van der Waals surface area (Å²) in [6, 6.07) is 15.4. The van der Waals surface area contributed by atoms with E-state index in [4.69, 9.17) is 21.1 Å². The Labute approximate surface area is 181 Å². The molecule has 0 spiro atoms. The molecule has 0 saturated carbocycles. The minimum Gasteiger partial charge on any atom is -0.490 e. The molecule has 0 saturated heterocycles. The Hall–Kier alpha value is -3.05. The first-order chi connectivity index (χ1) is 14.4. The van der Waals surface area contributed by atoms with Crippen molar-refractivity contribution in [2.75, 3.05) is 13.2 Å². The SMILES string of the molecule is Cc1cccc(OCCOC(=O)/C=C/c2c(C)nn(Cc3ccccc3Cl)c2C)c1. The lowest BCUT2D eigenvalue weighted by molar-refractivity contribution is -0.138. The van der Waals surface area contributed by atoms with Gasteiger partial charge < -0.3 is 9.47 Å². The predicted molar refractivity (Wildman–Crippen MR) is 119 cm³/mol. The van der Waals surface area contributed by atoms with E-state index in [1.165, 1.54) is 6.08 Å². The first-order valence-electron chi connectivity index (χ1n) is 9.76. The number of ether oxygens (including phenoxy) is 2. The third-order valence-corrected chi connectivity index (χ3v) is 5.06. The van der Waals surface area contributed by atoms with Gasteiger partial charge in [0.05, 0.1) is 12.2 Å². The van der Waals surface area contributed by atoms with Crippen molar-refractivity contribution in [1.82, 2.24) is 9.78 Å². The van der Waals surface area contributed by atoms with Crippen LogP contribution in [0.15, 0.2) is 54.6 Å². The second kappa shape index (κ2) is 10.1. The van der Waals surface area contributed by atoms with Gasteiger partial charge in [-0.2, -0.15) is 5.10 Å². The van der Waals surface area contributed by atoms with Crippen LogP contribution in [-0.2, 0) is 16.1 Å². The van der Waals surface area contributed by atoms with Crippen LogP contribution in [0.3, 0.4) is 0 Å². The monoisotopic (exact) mass is 424 g/mol. The Kier molecular flexibility index (Phi) is 7.31. The third-order valence-electron chi connectivity index (χ3n) is 4.69. The Morgan fingerprint density at radius 1 is 1.10 bits per heavy atom. The van der Waals surface area contributed by atoms with Crippen LogP contribution < -0.4 is 4.74 Å². The Balaban J connectivity index is 1.54. The molecule has 0 bridgehead atoms. The van der Waals surface area contributed by atoms with Crippen molar-refractivity contribution in [3.63, 3.8) is 0 Å². The van der Waals surface area contributed by atoms with Crippen LogP contribution in [0.4, 0.5) is 0 Å². The summed E-state index contributed by atoms with van der Waals surface area (Å²) in [5.74, 6) is 0.347. The Bertz CT molecular complexity index is 1060. The average molecular weight is 425 g/mol. The molecule has 0 aliphatic rings. The molecular weight excluding hydrogens is 400 g/mol. The fourth-order valence-electron chi connectivity index (χ4n) is 3.10. The number of halogens is 1. The van der Waals surface area contributed by atoms with Crippen molar-refractivity contribution in [1.29, 1.82) is 0 Å². The zero-order valence-electron chi connectivity index (χ0n) is 17.4. The highest BCUT2D eigenvalue weighted by Crippen LogP contribution is 2.20. The summed E-state index contributed by atoms with van der Waals surface area (Å²) in [7, 11) is 0. The van der Waals surface area contributed by atoms with E-state index in [9.17, 15) is 4.79 Å². The number of carbonyl (C=O) groups is 1. The van der Waals surface area contributed by atoms with E-state index in [0.717, 1.165) is 33.8 Å². The van der Waals surface area contributed by atoms with E-state index in [1.54, 1.807) is 6.08 Å². The van der Waals surface area contributed by atoms with Gasteiger partial charge in [-0.05, 0) is 56.2 Å². The summed E-state index contributed by atoms with van der Waals surface area (Å²) in [5, 5.41) is 5.28. The average Bonchev–Trinajstić information content (AvgIpc) is 2.98. The second-order valence-corrected chi connectivity index (χ2v) is 7.41. The van der Waals surface area contributed by atoms with Crippen LogP contribution in [-0.4, -0.2) is 29.0 Å². The lowest BCUT2D eigenvalue weighted by atomic mass is 10.1. The highest BCUT2D eigenvalue weighted by atomic mass is 35.5. The molecule has 3 aromatic rings. The second-order valence-electron chi connectivity index (χ2n) is 7.00. The molecule has 0 unspecified atom stereocenters. The van der Waals surface area contributed by atoms with Crippen LogP contribution in [0.2, 0.25) is 5.02 Å². The fraction of sp³-hybridized carbons (Fsp3) is 0.250. The number of esters is 1. The molecule has 0 amide bonds. The first-order valence-corrected chi connectivity index (χ1v) is 10.1. The maximum absolute atomic E-state index is 12.0. The van der Waals surface area contributed by atoms with E-state index in [0.29, 0.717) is 18.2 Å². The number of hydrogen-bond acceptors (Lipinski definition) is 4. The molecule has 0 fully saturated rings. The normalized spacial score (nSPS) is 11.1. The first kappa shape index (κ1) is 21.7. The largest absolute Gasteiger partial charge is 0.490 e. The topological polar surface area (TPSA) is 53.4 Å². The van der Waals surface area contributed by atoms with Crippen molar-refractivity contribution >= 4 is 23.6 Å². The quantitative estimate of drug-likeness (QED) is 0.285. The number of rotatable bonds is 8. The molecule has 0 aliphatic heterocycles. The third kappa shape index (κ3) is 5.74. The van der Waals surface area contributed by atoms with Crippen LogP contribution in [0.1, 0.15) is 28.1 Å². The Morgan fingerprint density at radius 2 is 1.90 bits per heavy atom. The standard InChI is InChI=1S/C24H25ClN2O3/c1-17-7-6-9-21(15-17)29-13-14-30-24(28)12-11-22-18(2)26-27(19(22)3)16-20-8-4-5-10-23(20)25/h4-12,15H,13-14,16H2,1-3H3/b12-11+. The number of benzene rings is 2. The molecule has 1 heterocycles. The molecular formula is C24H25ClN2O3. The molecule has 5 nitrogen and oxygen atoms in total. The van der Waals surface area contributed by atoms with Crippen molar-refractivity contribution in [2.24, 2.45) is 0 Å². The van der Waals surface area contributed by atoms with E-state index in [2.05, 4.69) is 5.10 Å². The minimum absolute atomic E-state index is 0.181. The molecule has 0 aliphatic carbocycles. The Morgan fingerprint density at radius 3 is 2.67 bits per heavy atom. The van der Waals surface area contributed by atoms with Crippen LogP contribution in [0.5, 0.6) is 5.75 Å². The predicted octanol–water partition coefficient (Wildman–Crippen LogP) is 5.15. The molecule has 156 valence electrons. The van der Waals surface area contributed by atoms with Crippen molar-refractivity contribution in [3.05, 3.63) is 87.7 Å². The number of aromatic nitrogens is 2. The van der Waals surface area contributed by atoms with Gasteiger partial charge in [-0.15, -0.1) is 0 Å². The maximum atomic E-state index is 12.0. The highest BCUT2D eigenvalue weighted by Gasteiger charge is 2.11. The van der Waals surface area contributed by atoms with E-state index < -0.39 is 5.97 Å². The molecule has 2 aromatic carbocycles.